The van der Waals surface area contributed by atoms with Gasteiger partial charge in [-0.1, -0.05) is 24.3 Å². The highest BCUT2D eigenvalue weighted by molar-refractivity contribution is 5.75. The largest absolute Gasteiger partial charge is 0.466 e. The van der Waals surface area contributed by atoms with Gasteiger partial charge in [0.25, 0.3) is 0 Å². The van der Waals surface area contributed by atoms with Crippen molar-refractivity contribution in [3.8, 4) is 0 Å². The lowest BCUT2D eigenvalue weighted by Gasteiger charge is -2.22. The van der Waals surface area contributed by atoms with Gasteiger partial charge < -0.3 is 15.4 Å². The van der Waals surface area contributed by atoms with E-state index >= 15 is 0 Å². The molecule has 168 valence electrons. The fraction of sp³-hybridized carbons (Fsp3) is 0.381. The van der Waals surface area contributed by atoms with Gasteiger partial charge in [0.2, 0.25) is 0 Å². The summed E-state index contributed by atoms with van der Waals surface area (Å²) in [6.45, 7) is 1.32. The van der Waals surface area contributed by atoms with Gasteiger partial charge in [0.05, 0.1) is 23.9 Å². The molecule has 1 atom stereocenters. The molecular weight excluding hydrogens is 418 g/mol. The van der Waals surface area contributed by atoms with Crippen molar-refractivity contribution in [2.24, 2.45) is 0 Å². The number of pyridine rings is 1. The predicted molar refractivity (Wildman–Crippen MR) is 105 cm³/mol. The van der Waals surface area contributed by atoms with Crippen LogP contribution in [0.5, 0.6) is 0 Å². The molecule has 0 saturated carbocycles. The number of nitrogens with zero attached hydrogens (tertiary/aromatic N) is 1. The zero-order valence-corrected chi connectivity index (χ0v) is 16.8. The smallest absolute Gasteiger partial charge is 0.418 e. The first-order valence-electron chi connectivity index (χ1n) is 9.63. The Balaban J connectivity index is 2.20. The molecular formula is C21H23F4N3O3. The molecule has 0 aliphatic carbocycles. The summed E-state index contributed by atoms with van der Waals surface area (Å²) in [6, 6.07) is 5.81. The summed E-state index contributed by atoms with van der Waals surface area (Å²) in [4.78, 5) is 27.5. The molecule has 1 heterocycles. The van der Waals surface area contributed by atoms with Gasteiger partial charge >= 0.3 is 18.2 Å². The number of benzene rings is 1. The highest BCUT2D eigenvalue weighted by Crippen LogP contribution is 2.35. The minimum Gasteiger partial charge on any atom is -0.466 e. The average Bonchev–Trinajstić information content (AvgIpc) is 2.75. The van der Waals surface area contributed by atoms with Crippen molar-refractivity contribution in [2.45, 2.75) is 38.7 Å². The quantitative estimate of drug-likeness (QED) is 0.345. The van der Waals surface area contributed by atoms with E-state index in [1.807, 2.05) is 0 Å². The first-order chi connectivity index (χ1) is 14.8. The molecule has 1 aromatic heterocycles. The lowest BCUT2D eigenvalue weighted by Crippen LogP contribution is -2.39. The second-order valence-electron chi connectivity index (χ2n) is 6.55. The summed E-state index contributed by atoms with van der Waals surface area (Å²) in [5, 5.41) is 4.99. The van der Waals surface area contributed by atoms with E-state index in [-0.39, 0.29) is 25.3 Å². The molecule has 0 fully saturated rings. The number of rotatable bonds is 9. The minimum atomic E-state index is -4.68. The number of carbonyl (C=O) groups is 2. The second-order valence-corrected chi connectivity index (χ2v) is 6.55. The maximum Gasteiger partial charge on any atom is 0.418 e. The molecule has 0 unspecified atom stereocenters. The van der Waals surface area contributed by atoms with Crippen LogP contribution in [0.25, 0.3) is 0 Å². The van der Waals surface area contributed by atoms with E-state index in [2.05, 4.69) is 15.6 Å². The molecule has 2 aromatic rings. The van der Waals surface area contributed by atoms with E-state index in [0.717, 1.165) is 12.1 Å². The Labute approximate surface area is 177 Å². The van der Waals surface area contributed by atoms with Gasteiger partial charge in [-0.3, -0.25) is 9.78 Å². The lowest BCUT2D eigenvalue weighted by atomic mass is 9.98. The summed E-state index contributed by atoms with van der Waals surface area (Å²) in [7, 11) is 0. The van der Waals surface area contributed by atoms with Crippen LogP contribution in [0, 0.1) is 0 Å². The number of aromatic nitrogens is 1. The van der Waals surface area contributed by atoms with Crippen LogP contribution in [-0.4, -0.2) is 30.1 Å². The van der Waals surface area contributed by atoms with Gasteiger partial charge in [-0.2, -0.15) is 13.2 Å². The van der Waals surface area contributed by atoms with Crippen LogP contribution in [0.3, 0.4) is 0 Å². The minimum absolute atomic E-state index is 0.0979. The molecule has 0 radical (unpaired) electrons. The standard InChI is InChI=1S/C21H23F4N3O3/c1-2-31-17(29)6-4-12-27-20(30)28-18(15-9-7-14(13-22)8-10-15)19-16(21(23,24)25)5-3-11-26-19/h3,5,7-11,18H,2,4,6,12-13H2,1H3,(H2,27,28,30)/t18-/m0/s1. The molecule has 31 heavy (non-hydrogen) atoms. The van der Waals surface area contributed by atoms with Crippen molar-refractivity contribution in [2.75, 3.05) is 13.2 Å². The lowest BCUT2D eigenvalue weighted by molar-refractivity contribution is -0.143. The van der Waals surface area contributed by atoms with Crippen LogP contribution >= 0.6 is 0 Å². The Hall–Kier alpha value is -3.17. The van der Waals surface area contributed by atoms with E-state index < -0.39 is 36.5 Å². The number of halogens is 4. The topological polar surface area (TPSA) is 80.3 Å². The maximum atomic E-state index is 13.5. The third kappa shape index (κ3) is 7.23. The molecule has 0 spiro atoms. The number of nitrogens with one attached hydrogen (secondary N) is 2. The Morgan fingerprint density at radius 1 is 1.16 bits per heavy atom. The Morgan fingerprint density at radius 2 is 1.87 bits per heavy atom. The van der Waals surface area contributed by atoms with Crippen molar-refractivity contribution < 1.29 is 31.9 Å². The van der Waals surface area contributed by atoms with Crippen molar-refractivity contribution in [1.29, 1.82) is 0 Å². The first-order valence-corrected chi connectivity index (χ1v) is 9.63. The predicted octanol–water partition coefficient (Wildman–Crippen LogP) is 4.30. The van der Waals surface area contributed by atoms with Crippen LogP contribution in [-0.2, 0) is 22.4 Å². The fourth-order valence-corrected chi connectivity index (χ4v) is 2.85. The molecule has 1 aromatic carbocycles. The molecule has 0 saturated heterocycles. The number of hydrogen-bond donors (Lipinski definition) is 2. The first kappa shape index (κ1) is 24.1. The second kappa shape index (κ2) is 11.3. The van der Waals surface area contributed by atoms with E-state index in [1.165, 1.54) is 30.5 Å². The van der Waals surface area contributed by atoms with Crippen molar-refractivity contribution >= 4 is 12.0 Å². The van der Waals surface area contributed by atoms with Gasteiger partial charge in [-0.25, -0.2) is 9.18 Å². The summed E-state index contributed by atoms with van der Waals surface area (Å²) in [6.07, 6.45) is -3.08. The number of hydrogen-bond acceptors (Lipinski definition) is 4. The van der Waals surface area contributed by atoms with Gasteiger partial charge in [-0.15, -0.1) is 0 Å². The van der Waals surface area contributed by atoms with Gasteiger partial charge in [0.1, 0.15) is 6.67 Å². The SMILES string of the molecule is CCOC(=O)CCCNC(=O)N[C@@H](c1ccc(CF)cc1)c1ncccc1C(F)(F)F. The average molecular weight is 441 g/mol. The molecule has 0 aliphatic heterocycles. The van der Waals surface area contributed by atoms with Crippen molar-refractivity contribution in [3.05, 3.63) is 65.0 Å². The van der Waals surface area contributed by atoms with E-state index in [1.54, 1.807) is 6.92 Å². The van der Waals surface area contributed by atoms with Gasteiger partial charge in [0, 0.05) is 19.2 Å². The Morgan fingerprint density at radius 3 is 2.48 bits per heavy atom. The number of esters is 1. The number of ether oxygens (including phenoxy) is 1. The third-order valence-corrected chi connectivity index (χ3v) is 4.31. The highest BCUT2D eigenvalue weighted by Gasteiger charge is 2.36. The summed E-state index contributed by atoms with van der Waals surface area (Å²) < 4.78 is 58.1. The number of amides is 2. The zero-order valence-electron chi connectivity index (χ0n) is 16.8. The fourth-order valence-electron chi connectivity index (χ4n) is 2.85. The maximum absolute atomic E-state index is 13.5. The van der Waals surface area contributed by atoms with Crippen LogP contribution in [0.1, 0.15) is 48.2 Å². The van der Waals surface area contributed by atoms with Gasteiger partial charge in [-0.05, 0) is 36.6 Å². The number of alkyl halides is 4. The van der Waals surface area contributed by atoms with Crippen LogP contribution in [0.4, 0.5) is 22.4 Å². The molecule has 2 amide bonds. The summed E-state index contributed by atoms with van der Waals surface area (Å²) >= 11 is 0. The van der Waals surface area contributed by atoms with E-state index in [0.29, 0.717) is 17.5 Å². The van der Waals surface area contributed by atoms with Crippen molar-refractivity contribution in [1.82, 2.24) is 15.6 Å². The summed E-state index contributed by atoms with van der Waals surface area (Å²) in [5.41, 5.74) is -0.715. The normalized spacial score (nSPS) is 12.2. The Kier molecular flexibility index (Phi) is 8.77. The third-order valence-electron chi connectivity index (χ3n) is 4.31. The van der Waals surface area contributed by atoms with Gasteiger partial charge in [0.15, 0.2) is 0 Å². The molecule has 10 heteroatoms. The van der Waals surface area contributed by atoms with E-state index in [4.69, 9.17) is 4.74 Å². The summed E-state index contributed by atoms with van der Waals surface area (Å²) in [5.74, 6) is -0.404. The molecule has 2 rings (SSSR count). The van der Waals surface area contributed by atoms with Crippen LogP contribution in [0.15, 0.2) is 42.6 Å². The molecule has 0 bridgehead atoms. The molecule has 2 N–H and O–H groups in total. The van der Waals surface area contributed by atoms with E-state index in [9.17, 15) is 27.2 Å². The van der Waals surface area contributed by atoms with Crippen LogP contribution in [0.2, 0.25) is 0 Å². The van der Waals surface area contributed by atoms with Crippen LogP contribution < -0.4 is 10.6 Å². The molecule has 6 nitrogen and oxygen atoms in total. The number of urea groups is 1. The number of carbonyl (C=O) groups excluding carboxylic acids is 2. The molecule has 0 aliphatic rings. The zero-order chi connectivity index (χ0) is 22.9. The highest BCUT2D eigenvalue weighted by atomic mass is 19.4. The monoisotopic (exact) mass is 441 g/mol. The Bertz CT molecular complexity index is 873. The van der Waals surface area contributed by atoms with Crippen molar-refractivity contribution in [3.63, 3.8) is 0 Å².